The Balaban J connectivity index is 1.93. The lowest BCUT2D eigenvalue weighted by molar-refractivity contribution is 0.468. The summed E-state index contributed by atoms with van der Waals surface area (Å²) >= 11 is 12.6. The molecule has 4 aromatic carbocycles. The average molecular weight is 563 g/mol. The lowest BCUT2D eigenvalue weighted by Crippen LogP contribution is -1.82. The van der Waals surface area contributed by atoms with Crippen LogP contribution >= 0.6 is 59.1 Å². The van der Waals surface area contributed by atoms with E-state index in [1.165, 1.54) is 30.9 Å². The molecule has 1 N–H and O–H groups in total. The van der Waals surface area contributed by atoms with Crippen molar-refractivity contribution in [2.45, 2.75) is 0 Å². The van der Waals surface area contributed by atoms with Crippen LogP contribution in [0, 0.1) is 0 Å². The topological polar surface area (TPSA) is 20.2 Å². The van der Waals surface area contributed by atoms with Crippen molar-refractivity contribution in [2.75, 3.05) is 0 Å². The van der Waals surface area contributed by atoms with Crippen molar-refractivity contribution in [1.29, 1.82) is 0 Å². The number of rotatable bonds is 1. The van der Waals surface area contributed by atoms with Crippen LogP contribution < -0.4 is 0 Å². The number of benzene rings is 4. The van der Waals surface area contributed by atoms with Crippen LogP contribution in [-0.2, 0) is 0 Å². The number of phenolic OH excluding ortho intramolecular Hbond substituents is 1. The molecule has 0 aliphatic heterocycles. The maximum absolute atomic E-state index is 10.1. The summed E-state index contributed by atoms with van der Waals surface area (Å²) in [6.07, 6.45) is 0. The Bertz CT molecular complexity index is 1350. The van der Waals surface area contributed by atoms with Gasteiger partial charge in [-0.05, 0) is 94.0 Å². The molecular formula is C22H11Br3OS. The molecule has 0 saturated heterocycles. The van der Waals surface area contributed by atoms with Gasteiger partial charge in [-0.2, -0.15) is 0 Å². The van der Waals surface area contributed by atoms with Crippen molar-refractivity contribution >= 4 is 90.1 Å². The Labute approximate surface area is 185 Å². The molecule has 0 amide bonds. The molecule has 0 unspecified atom stereocenters. The maximum Gasteiger partial charge on any atom is 0.143 e. The fourth-order valence-electron chi connectivity index (χ4n) is 3.54. The van der Waals surface area contributed by atoms with Gasteiger partial charge in [0.2, 0.25) is 0 Å². The van der Waals surface area contributed by atoms with Crippen LogP contribution in [0.3, 0.4) is 0 Å². The van der Waals surface area contributed by atoms with Crippen LogP contribution in [0.2, 0.25) is 0 Å². The molecule has 0 spiro atoms. The first-order chi connectivity index (χ1) is 13.0. The second-order valence-electron chi connectivity index (χ2n) is 6.36. The van der Waals surface area contributed by atoms with Crippen molar-refractivity contribution < 1.29 is 5.11 Å². The molecule has 1 aromatic heterocycles. The van der Waals surface area contributed by atoms with Gasteiger partial charge in [-0.1, -0.05) is 36.4 Å². The van der Waals surface area contributed by atoms with Gasteiger partial charge >= 0.3 is 0 Å². The highest BCUT2D eigenvalue weighted by molar-refractivity contribution is 9.11. The summed E-state index contributed by atoms with van der Waals surface area (Å²) in [4.78, 5) is 0. The van der Waals surface area contributed by atoms with E-state index in [4.69, 9.17) is 0 Å². The van der Waals surface area contributed by atoms with E-state index >= 15 is 0 Å². The van der Waals surface area contributed by atoms with Crippen molar-refractivity contribution in [1.82, 2.24) is 0 Å². The molecule has 0 aliphatic rings. The summed E-state index contributed by atoms with van der Waals surface area (Å²) < 4.78 is 5.01. The average Bonchev–Trinajstić information content (AvgIpc) is 3.05. The third-order valence-corrected chi connectivity index (χ3v) is 8.26. The van der Waals surface area contributed by atoms with Gasteiger partial charge < -0.3 is 5.11 Å². The van der Waals surface area contributed by atoms with Gasteiger partial charge in [0.15, 0.2) is 0 Å². The van der Waals surface area contributed by atoms with Crippen molar-refractivity contribution in [3.63, 3.8) is 0 Å². The van der Waals surface area contributed by atoms with E-state index < -0.39 is 0 Å². The molecule has 5 rings (SSSR count). The minimum Gasteiger partial charge on any atom is -0.506 e. The molecule has 0 atom stereocenters. The number of thiophene rings is 1. The molecule has 0 bridgehead atoms. The van der Waals surface area contributed by atoms with E-state index in [0.29, 0.717) is 8.95 Å². The quantitative estimate of drug-likeness (QED) is 0.216. The fraction of sp³-hybridized carbons (Fsp3) is 0. The van der Waals surface area contributed by atoms with Crippen LogP contribution in [0.5, 0.6) is 5.75 Å². The lowest BCUT2D eigenvalue weighted by Gasteiger charge is -2.09. The van der Waals surface area contributed by atoms with Gasteiger partial charge in [0.25, 0.3) is 0 Å². The summed E-state index contributed by atoms with van der Waals surface area (Å²) in [5, 5.41) is 15.0. The van der Waals surface area contributed by atoms with E-state index in [-0.39, 0.29) is 5.75 Å². The number of aromatic hydroxyl groups is 1. The number of hydrogen-bond acceptors (Lipinski definition) is 2. The van der Waals surface area contributed by atoms with E-state index in [0.717, 1.165) is 15.6 Å². The van der Waals surface area contributed by atoms with Gasteiger partial charge in [-0.15, -0.1) is 11.3 Å². The second-order valence-corrected chi connectivity index (χ2v) is 9.91. The first-order valence-corrected chi connectivity index (χ1v) is 11.4. The van der Waals surface area contributed by atoms with Crippen LogP contribution in [0.25, 0.3) is 42.1 Å². The molecule has 132 valence electrons. The van der Waals surface area contributed by atoms with E-state index in [1.54, 1.807) is 11.3 Å². The van der Waals surface area contributed by atoms with Crippen molar-refractivity contribution in [2.24, 2.45) is 0 Å². The number of fused-ring (bicyclic) bond motifs is 4. The zero-order valence-corrected chi connectivity index (χ0v) is 19.3. The zero-order chi connectivity index (χ0) is 18.7. The Morgan fingerprint density at radius 2 is 1.52 bits per heavy atom. The van der Waals surface area contributed by atoms with Gasteiger partial charge in [-0.25, -0.2) is 0 Å². The minimum absolute atomic E-state index is 0.217. The molecule has 27 heavy (non-hydrogen) atoms. The molecule has 0 aliphatic carbocycles. The largest absolute Gasteiger partial charge is 0.506 e. The predicted molar refractivity (Wildman–Crippen MR) is 127 cm³/mol. The molecule has 1 heterocycles. The third kappa shape index (κ3) is 2.75. The Kier molecular flexibility index (Phi) is 4.32. The second kappa shape index (κ2) is 6.59. The maximum atomic E-state index is 10.1. The van der Waals surface area contributed by atoms with Crippen LogP contribution in [0.1, 0.15) is 0 Å². The summed E-state index contributed by atoms with van der Waals surface area (Å²) in [7, 11) is 0. The summed E-state index contributed by atoms with van der Waals surface area (Å²) in [5.41, 5.74) is 2.21. The van der Waals surface area contributed by atoms with E-state index in [9.17, 15) is 5.11 Å². The van der Waals surface area contributed by atoms with Crippen LogP contribution in [-0.4, -0.2) is 5.11 Å². The molecule has 0 saturated carbocycles. The highest BCUT2D eigenvalue weighted by Crippen LogP contribution is 2.46. The summed E-state index contributed by atoms with van der Waals surface area (Å²) in [5.74, 6) is 0.217. The smallest absolute Gasteiger partial charge is 0.143 e. The molecule has 1 nitrogen and oxygen atoms in total. The Morgan fingerprint density at radius 3 is 2.30 bits per heavy atom. The predicted octanol–water partition coefficient (Wildman–Crippen LogP) is 8.87. The van der Waals surface area contributed by atoms with E-state index in [1.807, 2.05) is 12.1 Å². The summed E-state index contributed by atoms with van der Waals surface area (Å²) in [6, 6.07) is 21.1. The van der Waals surface area contributed by atoms with Crippen molar-refractivity contribution in [3.8, 4) is 16.9 Å². The molecule has 5 heteroatoms. The number of hydrogen-bond donors (Lipinski definition) is 1. The normalized spacial score (nSPS) is 11.7. The first kappa shape index (κ1) is 17.7. The standard InChI is InChI=1S/C22H11Br3OS/c23-16-9-12(10-17(24)21(16)26)13-6-3-7-18-19(13)15-8-11-4-1-2-5-14(11)20(25)22(15)27-18/h1-10,26H. The lowest BCUT2D eigenvalue weighted by atomic mass is 9.98. The zero-order valence-electron chi connectivity index (χ0n) is 13.8. The highest BCUT2D eigenvalue weighted by atomic mass is 79.9. The van der Waals surface area contributed by atoms with Crippen LogP contribution in [0.4, 0.5) is 0 Å². The molecule has 0 fully saturated rings. The number of halogens is 3. The molecular weight excluding hydrogens is 552 g/mol. The van der Waals surface area contributed by atoms with Crippen LogP contribution in [0.15, 0.2) is 74.1 Å². The van der Waals surface area contributed by atoms with E-state index in [2.05, 4.69) is 96.3 Å². The Hall–Kier alpha value is -1.40. The highest BCUT2D eigenvalue weighted by Gasteiger charge is 2.16. The molecule has 0 radical (unpaired) electrons. The SMILES string of the molecule is Oc1c(Br)cc(-c2cccc3sc4c(Br)c5ccccc5cc4c23)cc1Br. The molecule has 5 aromatic rings. The number of phenols is 1. The monoisotopic (exact) mass is 560 g/mol. The van der Waals surface area contributed by atoms with Gasteiger partial charge in [0.1, 0.15) is 5.75 Å². The fourth-order valence-corrected chi connectivity index (χ4v) is 6.70. The van der Waals surface area contributed by atoms with Gasteiger partial charge in [0.05, 0.1) is 13.6 Å². The first-order valence-electron chi connectivity index (χ1n) is 8.25. The van der Waals surface area contributed by atoms with Crippen molar-refractivity contribution in [3.05, 3.63) is 74.1 Å². The minimum atomic E-state index is 0.217. The third-order valence-electron chi connectivity index (χ3n) is 4.78. The Morgan fingerprint density at radius 1 is 0.778 bits per heavy atom. The van der Waals surface area contributed by atoms with Gasteiger partial charge in [-0.3, -0.25) is 0 Å². The van der Waals surface area contributed by atoms with Gasteiger partial charge in [0, 0.05) is 19.9 Å². The summed E-state index contributed by atoms with van der Waals surface area (Å²) in [6.45, 7) is 0.